The Kier molecular flexibility index (Phi) is 7.30. The molecule has 1 aromatic heterocycles. The van der Waals surface area contributed by atoms with Crippen molar-refractivity contribution in [2.24, 2.45) is 0 Å². The molecule has 2 aromatic rings. The second-order valence-corrected chi connectivity index (χ2v) is 11.7. The van der Waals surface area contributed by atoms with E-state index >= 15 is 0 Å². The molecule has 0 aliphatic heterocycles. The van der Waals surface area contributed by atoms with Gasteiger partial charge in [0.2, 0.25) is 0 Å². The zero-order valence-corrected chi connectivity index (χ0v) is 18.4. The lowest BCUT2D eigenvalue weighted by molar-refractivity contribution is 0.103. The van der Waals surface area contributed by atoms with Gasteiger partial charge in [-0.05, 0) is 61.1 Å². The minimum atomic E-state index is -3.76. The van der Waals surface area contributed by atoms with E-state index in [2.05, 4.69) is 15.9 Å². The highest BCUT2D eigenvalue weighted by Gasteiger charge is 2.46. The van der Waals surface area contributed by atoms with E-state index in [1.807, 2.05) is 55.6 Å². The molecular weight excluding hydrogens is 441 g/mol. The Morgan fingerprint density at radius 3 is 2.12 bits per heavy atom. The Morgan fingerprint density at radius 2 is 1.65 bits per heavy atom. The molecule has 0 N–H and O–H groups in total. The van der Waals surface area contributed by atoms with Gasteiger partial charge >= 0.3 is 0 Å². The van der Waals surface area contributed by atoms with E-state index in [9.17, 15) is 13.2 Å². The number of benzene rings is 1. The van der Waals surface area contributed by atoms with Gasteiger partial charge in [0, 0.05) is 9.35 Å². The smallest absolute Gasteiger partial charge is 0.285 e. The van der Waals surface area contributed by atoms with Crippen LogP contribution in [0.15, 0.2) is 51.8 Å². The molecule has 142 valence electrons. The average Bonchev–Trinajstić information content (AvgIpc) is 3.21. The van der Waals surface area contributed by atoms with Crippen LogP contribution in [0.2, 0.25) is 0 Å². The summed E-state index contributed by atoms with van der Waals surface area (Å²) in [6, 6.07) is 11.5. The molecule has 0 spiro atoms. The van der Waals surface area contributed by atoms with Gasteiger partial charge in [0.15, 0.2) is 0 Å². The molecule has 0 saturated carbocycles. The standard InChI is InChI=1S/C19H22BrF3OSSi/c1-14(16-6-8-17(20)9-7-16)15(2)19(3,18-5-4-10-25-18)24-26(11-21,12-22)13-23/h4-10H,11-13H2,1-3H3. The third kappa shape index (κ3) is 4.32. The van der Waals surface area contributed by atoms with Crippen molar-refractivity contribution >= 4 is 41.2 Å². The average molecular weight is 463 g/mol. The van der Waals surface area contributed by atoms with E-state index in [-0.39, 0.29) is 0 Å². The minimum absolute atomic E-state index is 0.804. The minimum Gasteiger partial charge on any atom is -0.395 e. The van der Waals surface area contributed by atoms with Gasteiger partial charge in [-0.15, -0.1) is 11.3 Å². The van der Waals surface area contributed by atoms with Gasteiger partial charge in [0.05, 0.1) is 0 Å². The van der Waals surface area contributed by atoms with Crippen LogP contribution in [-0.4, -0.2) is 27.2 Å². The molecular formula is C19H22BrF3OSSi. The SMILES string of the molecule is CC(=C(C)C(C)(O[Si](CF)(CF)CF)c1cccs1)c1ccc(Br)cc1. The van der Waals surface area contributed by atoms with E-state index in [1.165, 1.54) is 11.3 Å². The number of rotatable bonds is 8. The molecule has 0 aliphatic rings. The van der Waals surface area contributed by atoms with Gasteiger partial charge in [0.25, 0.3) is 8.32 Å². The maximum Gasteiger partial charge on any atom is 0.285 e. The quantitative estimate of drug-likeness (QED) is 0.396. The highest BCUT2D eigenvalue weighted by atomic mass is 79.9. The van der Waals surface area contributed by atoms with E-state index in [0.29, 0.717) is 0 Å². The Bertz CT molecular complexity index is 736. The third-order valence-electron chi connectivity index (χ3n) is 4.70. The Labute approximate surface area is 166 Å². The van der Waals surface area contributed by atoms with Crippen LogP contribution < -0.4 is 0 Å². The van der Waals surface area contributed by atoms with Crippen molar-refractivity contribution in [1.29, 1.82) is 0 Å². The summed E-state index contributed by atoms with van der Waals surface area (Å²) in [4.78, 5) is 0.804. The van der Waals surface area contributed by atoms with Gasteiger partial charge in [-0.3, -0.25) is 13.2 Å². The molecule has 1 heterocycles. The van der Waals surface area contributed by atoms with Gasteiger partial charge in [-0.25, -0.2) is 0 Å². The Balaban J connectivity index is 2.57. The first-order valence-electron chi connectivity index (χ1n) is 8.18. The van der Waals surface area contributed by atoms with Gasteiger partial charge < -0.3 is 4.43 Å². The van der Waals surface area contributed by atoms with E-state index in [0.717, 1.165) is 26.1 Å². The molecule has 7 heteroatoms. The van der Waals surface area contributed by atoms with Crippen LogP contribution in [0.1, 0.15) is 31.2 Å². The zero-order valence-electron chi connectivity index (χ0n) is 15.0. The molecule has 0 fully saturated rings. The Morgan fingerprint density at radius 1 is 1.08 bits per heavy atom. The molecule has 0 radical (unpaired) electrons. The number of allylic oxidation sites excluding steroid dienone is 1. The Hall–Kier alpha value is -0.893. The van der Waals surface area contributed by atoms with E-state index < -0.39 is 32.8 Å². The number of thiophene rings is 1. The number of hydrogen-bond acceptors (Lipinski definition) is 2. The largest absolute Gasteiger partial charge is 0.395 e. The first-order chi connectivity index (χ1) is 12.3. The van der Waals surface area contributed by atoms with Crippen molar-refractivity contribution in [2.45, 2.75) is 26.4 Å². The normalized spacial score (nSPS) is 15.5. The topological polar surface area (TPSA) is 9.23 Å². The van der Waals surface area contributed by atoms with Crippen molar-refractivity contribution in [1.82, 2.24) is 0 Å². The summed E-state index contributed by atoms with van der Waals surface area (Å²) in [6.45, 7) is 5.60. The maximum absolute atomic E-state index is 13.6. The lowest BCUT2D eigenvalue weighted by Crippen LogP contribution is -2.53. The van der Waals surface area contributed by atoms with Gasteiger partial charge in [0.1, 0.15) is 24.5 Å². The van der Waals surface area contributed by atoms with Gasteiger partial charge in [-0.2, -0.15) is 0 Å². The molecule has 26 heavy (non-hydrogen) atoms. The lowest BCUT2D eigenvalue weighted by atomic mass is 9.89. The molecule has 0 bridgehead atoms. The van der Waals surface area contributed by atoms with Crippen LogP contribution in [-0.2, 0) is 10.0 Å². The summed E-state index contributed by atoms with van der Waals surface area (Å²) in [5.74, 6) is 0. The molecule has 0 saturated heterocycles. The van der Waals surface area contributed by atoms with Crippen LogP contribution in [0.5, 0.6) is 0 Å². The second kappa shape index (κ2) is 8.86. The van der Waals surface area contributed by atoms with E-state index in [1.54, 1.807) is 6.92 Å². The van der Waals surface area contributed by atoms with Crippen LogP contribution >= 0.6 is 27.3 Å². The molecule has 1 nitrogen and oxygen atoms in total. The fraction of sp³-hybridized carbons (Fsp3) is 0.368. The van der Waals surface area contributed by atoms with Crippen molar-refractivity contribution in [3.63, 3.8) is 0 Å². The fourth-order valence-corrected chi connectivity index (χ4v) is 5.48. The summed E-state index contributed by atoms with van der Waals surface area (Å²) >= 11 is 4.85. The summed E-state index contributed by atoms with van der Waals surface area (Å²) in [6.07, 6.45) is -3.28. The van der Waals surface area contributed by atoms with Crippen LogP contribution in [0.25, 0.3) is 5.57 Å². The number of halogens is 4. The van der Waals surface area contributed by atoms with E-state index in [4.69, 9.17) is 4.43 Å². The van der Waals surface area contributed by atoms with Crippen LogP contribution in [0.3, 0.4) is 0 Å². The van der Waals surface area contributed by atoms with Crippen LogP contribution in [0.4, 0.5) is 13.2 Å². The monoisotopic (exact) mass is 462 g/mol. The van der Waals surface area contributed by atoms with Crippen molar-refractivity contribution < 1.29 is 17.6 Å². The summed E-state index contributed by atoms with van der Waals surface area (Å²) in [7, 11) is -3.76. The number of hydrogen-bond donors (Lipinski definition) is 0. The van der Waals surface area contributed by atoms with Crippen molar-refractivity contribution in [3.05, 3.63) is 62.3 Å². The first kappa shape index (κ1) is 21.4. The number of alkyl halides is 3. The fourth-order valence-electron chi connectivity index (χ4n) is 2.76. The highest BCUT2D eigenvalue weighted by molar-refractivity contribution is 9.10. The highest BCUT2D eigenvalue weighted by Crippen LogP contribution is 2.42. The first-order valence-corrected chi connectivity index (χ1v) is 12.4. The third-order valence-corrected chi connectivity index (χ3v) is 8.60. The lowest BCUT2D eigenvalue weighted by Gasteiger charge is -2.39. The maximum atomic E-state index is 13.6. The van der Waals surface area contributed by atoms with Gasteiger partial charge in [-0.1, -0.05) is 34.1 Å². The zero-order chi connectivity index (χ0) is 19.4. The molecule has 0 aliphatic carbocycles. The second-order valence-electron chi connectivity index (χ2n) is 6.45. The van der Waals surface area contributed by atoms with Crippen molar-refractivity contribution in [3.8, 4) is 0 Å². The molecule has 1 unspecified atom stereocenters. The molecule has 1 aromatic carbocycles. The predicted octanol–water partition coefficient (Wildman–Crippen LogP) is 6.71. The van der Waals surface area contributed by atoms with Crippen LogP contribution in [0, 0.1) is 0 Å². The van der Waals surface area contributed by atoms with Crippen molar-refractivity contribution in [2.75, 3.05) is 18.9 Å². The predicted molar refractivity (Wildman–Crippen MR) is 109 cm³/mol. The summed E-state index contributed by atoms with van der Waals surface area (Å²) < 4.78 is 47.6. The molecule has 1 atom stereocenters. The molecule has 2 rings (SSSR count). The summed E-state index contributed by atoms with van der Waals surface area (Å²) in [5, 5.41) is 1.88. The summed E-state index contributed by atoms with van der Waals surface area (Å²) in [5.41, 5.74) is 1.65. The molecule has 0 amide bonds.